The molecule has 0 aromatic rings. The van der Waals surface area contributed by atoms with Crippen molar-refractivity contribution >= 4 is 11.8 Å². The van der Waals surface area contributed by atoms with Gasteiger partial charge in [-0.2, -0.15) is 0 Å². The van der Waals surface area contributed by atoms with Gasteiger partial charge in [0.1, 0.15) is 0 Å². The van der Waals surface area contributed by atoms with Gasteiger partial charge < -0.3 is 9.96 Å². The Morgan fingerprint density at radius 1 is 1.18 bits per heavy atom. The number of piperazine rings is 1. The Kier molecular flexibility index (Phi) is 2.72. The molecule has 1 rings (SSSR count). The van der Waals surface area contributed by atoms with Crippen LogP contribution in [0.4, 0.5) is 0 Å². The molecule has 2 N–H and O–H groups in total. The molecule has 11 heavy (non-hydrogen) atoms. The predicted molar refractivity (Wildman–Crippen MR) is 36.9 cm³/mol. The maximum absolute atomic E-state index is 10.7. The van der Waals surface area contributed by atoms with Crippen LogP contribution in [-0.4, -0.2) is 49.0 Å². The number of amides is 2. The Balaban J connectivity index is 0.000001000. The van der Waals surface area contributed by atoms with Crippen molar-refractivity contribution < 1.29 is 19.5 Å². The van der Waals surface area contributed by atoms with E-state index in [2.05, 4.69) is 5.32 Å². The summed E-state index contributed by atoms with van der Waals surface area (Å²) in [5.74, 6) is -0.359. The number of nitrogens with zero attached hydrogens (tertiary/aromatic N) is 1. The van der Waals surface area contributed by atoms with Crippen molar-refractivity contribution in [2.75, 3.05) is 27.2 Å². The largest absolute Gasteiger partial charge is 0.870 e. The highest BCUT2D eigenvalue weighted by Gasteiger charge is 2.30. The summed E-state index contributed by atoms with van der Waals surface area (Å²) in [5.41, 5.74) is 0. The summed E-state index contributed by atoms with van der Waals surface area (Å²) in [4.78, 5) is 21.5. The Hall–Kier alpha value is -0.940. The lowest BCUT2D eigenvalue weighted by Crippen LogP contribution is -2.59. The Morgan fingerprint density at radius 2 is 1.55 bits per heavy atom. The van der Waals surface area contributed by atoms with E-state index >= 15 is 0 Å². The van der Waals surface area contributed by atoms with Crippen molar-refractivity contribution in [3.8, 4) is 0 Å². The molecule has 1 aliphatic rings. The van der Waals surface area contributed by atoms with Crippen molar-refractivity contribution in [1.29, 1.82) is 0 Å². The summed E-state index contributed by atoms with van der Waals surface area (Å²) in [6, 6.07) is 0. The second-order valence-corrected chi connectivity index (χ2v) is 3.22. The second-order valence-electron chi connectivity index (χ2n) is 3.22. The van der Waals surface area contributed by atoms with E-state index in [4.69, 9.17) is 0 Å². The number of carbonyl (C=O) groups is 2. The van der Waals surface area contributed by atoms with Crippen LogP contribution in [0, 0.1) is 0 Å². The minimum absolute atomic E-state index is 0. The number of hydrogen-bond donors (Lipinski definition) is 1. The van der Waals surface area contributed by atoms with Crippen molar-refractivity contribution in [1.82, 2.24) is 5.32 Å². The van der Waals surface area contributed by atoms with Gasteiger partial charge in [-0.1, -0.05) is 0 Å². The molecule has 0 saturated carbocycles. The molecule has 0 unspecified atom stereocenters. The van der Waals surface area contributed by atoms with E-state index in [0.29, 0.717) is 17.6 Å². The molecule has 1 heterocycles. The van der Waals surface area contributed by atoms with Crippen LogP contribution in [0.2, 0.25) is 0 Å². The van der Waals surface area contributed by atoms with Gasteiger partial charge in [-0.05, 0) is 0 Å². The summed E-state index contributed by atoms with van der Waals surface area (Å²) in [5, 5.41) is 2.24. The summed E-state index contributed by atoms with van der Waals surface area (Å²) < 4.78 is 0.463. The van der Waals surface area contributed by atoms with Crippen molar-refractivity contribution in [3.05, 3.63) is 0 Å². The predicted octanol–water partition coefficient (Wildman–Crippen LogP) is -1.46. The zero-order chi connectivity index (χ0) is 7.78. The van der Waals surface area contributed by atoms with Gasteiger partial charge in [0, 0.05) is 0 Å². The standard InChI is InChI=1S/C6H10N2O2.H2O/c1-8(2)3-5(9)7-6(10)4-8;/h3-4H2,1-2H3;1H2. The third kappa shape index (κ3) is 2.65. The first-order valence-electron chi connectivity index (χ1n) is 3.14. The van der Waals surface area contributed by atoms with Crippen LogP contribution < -0.4 is 5.32 Å². The lowest BCUT2D eigenvalue weighted by Gasteiger charge is -2.31. The van der Waals surface area contributed by atoms with Crippen molar-refractivity contribution in [3.63, 3.8) is 0 Å². The maximum atomic E-state index is 10.7. The van der Waals surface area contributed by atoms with E-state index in [1.807, 2.05) is 14.1 Å². The molecule has 2 amide bonds. The third-order valence-corrected chi connectivity index (χ3v) is 1.42. The van der Waals surface area contributed by atoms with Crippen LogP contribution >= 0.6 is 0 Å². The number of carbonyl (C=O) groups excluding carboxylic acids is 2. The fourth-order valence-corrected chi connectivity index (χ4v) is 1.07. The van der Waals surface area contributed by atoms with E-state index in [-0.39, 0.29) is 17.3 Å². The van der Waals surface area contributed by atoms with E-state index < -0.39 is 0 Å². The van der Waals surface area contributed by atoms with Crippen LogP contribution in [0.3, 0.4) is 0 Å². The SMILES string of the molecule is C[N+]1(C)CC(=O)NC(=O)C1.[OH-]. The average Bonchev–Trinajstić information content (AvgIpc) is 1.54. The Labute approximate surface area is 64.9 Å². The zero-order valence-corrected chi connectivity index (χ0v) is 6.63. The first-order chi connectivity index (χ1) is 4.49. The summed E-state index contributed by atoms with van der Waals surface area (Å²) in [6.45, 7) is 0.789. The highest BCUT2D eigenvalue weighted by Crippen LogP contribution is 1.99. The fourth-order valence-electron chi connectivity index (χ4n) is 1.07. The molecule has 1 fully saturated rings. The summed E-state index contributed by atoms with van der Waals surface area (Å²) in [6.07, 6.45) is 0. The minimum atomic E-state index is -0.179. The Bertz CT molecular complexity index is 170. The molecule has 1 aliphatic heterocycles. The fraction of sp³-hybridized carbons (Fsp3) is 0.667. The quantitative estimate of drug-likeness (QED) is 0.347. The molecule has 0 aliphatic carbocycles. The molecule has 5 nitrogen and oxygen atoms in total. The van der Waals surface area contributed by atoms with Gasteiger partial charge in [-0.15, -0.1) is 0 Å². The highest BCUT2D eigenvalue weighted by molar-refractivity contribution is 5.97. The van der Waals surface area contributed by atoms with E-state index in [1.54, 1.807) is 0 Å². The van der Waals surface area contributed by atoms with Gasteiger partial charge in [0.25, 0.3) is 11.8 Å². The normalized spacial score (nSPS) is 22.0. The number of hydrogen-bond acceptors (Lipinski definition) is 3. The van der Waals surface area contributed by atoms with Crippen LogP contribution in [0.15, 0.2) is 0 Å². The molecule has 1 saturated heterocycles. The average molecular weight is 160 g/mol. The van der Waals surface area contributed by atoms with Crippen LogP contribution in [0.1, 0.15) is 0 Å². The lowest BCUT2D eigenvalue weighted by molar-refractivity contribution is -0.876. The highest BCUT2D eigenvalue weighted by atomic mass is 16.2. The molecular formula is C6H12N2O3. The van der Waals surface area contributed by atoms with E-state index in [1.165, 1.54) is 0 Å². The molecular weight excluding hydrogens is 148 g/mol. The number of nitrogens with one attached hydrogen (secondary N) is 1. The Morgan fingerprint density at radius 3 is 1.82 bits per heavy atom. The monoisotopic (exact) mass is 160 g/mol. The van der Waals surface area contributed by atoms with Crippen molar-refractivity contribution in [2.24, 2.45) is 0 Å². The minimum Gasteiger partial charge on any atom is -0.870 e. The molecule has 0 bridgehead atoms. The first kappa shape index (κ1) is 10.1. The second kappa shape index (κ2) is 2.98. The van der Waals surface area contributed by atoms with Crippen molar-refractivity contribution in [2.45, 2.75) is 0 Å². The molecule has 0 aromatic carbocycles. The molecule has 5 heteroatoms. The third-order valence-electron chi connectivity index (χ3n) is 1.42. The number of likely N-dealkylation sites (N-methyl/N-ethyl adjacent to an activating group) is 1. The van der Waals surface area contributed by atoms with Crippen LogP contribution in [-0.2, 0) is 9.59 Å². The molecule has 0 spiro atoms. The molecule has 0 atom stereocenters. The van der Waals surface area contributed by atoms with Gasteiger partial charge >= 0.3 is 0 Å². The molecule has 0 radical (unpaired) electrons. The number of rotatable bonds is 0. The van der Waals surface area contributed by atoms with Crippen LogP contribution in [0.25, 0.3) is 0 Å². The zero-order valence-electron chi connectivity index (χ0n) is 6.63. The molecule has 0 aromatic heterocycles. The van der Waals surface area contributed by atoms with E-state index in [0.717, 1.165) is 0 Å². The van der Waals surface area contributed by atoms with Gasteiger partial charge in [-0.3, -0.25) is 14.9 Å². The summed E-state index contributed by atoms with van der Waals surface area (Å²) in [7, 11) is 3.72. The van der Waals surface area contributed by atoms with Gasteiger partial charge in [0.05, 0.1) is 14.1 Å². The van der Waals surface area contributed by atoms with Gasteiger partial charge in [0.15, 0.2) is 13.1 Å². The van der Waals surface area contributed by atoms with Gasteiger partial charge in [0.2, 0.25) is 0 Å². The van der Waals surface area contributed by atoms with Crippen LogP contribution in [0.5, 0.6) is 0 Å². The molecule has 64 valence electrons. The lowest BCUT2D eigenvalue weighted by atomic mass is 10.3. The smallest absolute Gasteiger partial charge is 0.281 e. The van der Waals surface area contributed by atoms with E-state index in [9.17, 15) is 9.59 Å². The number of quaternary nitrogens is 1. The first-order valence-corrected chi connectivity index (χ1v) is 3.14. The topological polar surface area (TPSA) is 76.2 Å². The van der Waals surface area contributed by atoms with Gasteiger partial charge in [-0.25, -0.2) is 0 Å². The number of imide groups is 1. The maximum Gasteiger partial charge on any atom is 0.281 e. The summed E-state index contributed by atoms with van der Waals surface area (Å²) >= 11 is 0.